The number of aliphatic hydroxyl groups is 1. The summed E-state index contributed by atoms with van der Waals surface area (Å²) in [6, 6.07) is 2.33. The lowest BCUT2D eigenvalue weighted by atomic mass is 10.1. The maximum atomic E-state index is 12.1. The van der Waals surface area contributed by atoms with Crippen LogP contribution >= 0.6 is 15.9 Å². The summed E-state index contributed by atoms with van der Waals surface area (Å²) in [4.78, 5) is 25.2. The first-order valence-corrected chi connectivity index (χ1v) is 7.17. The summed E-state index contributed by atoms with van der Waals surface area (Å²) in [5, 5.41) is 16.5. The molecule has 4 atom stereocenters. The number of nitrogens with one attached hydrogen (secondary N) is 2. The van der Waals surface area contributed by atoms with Crippen molar-refractivity contribution in [2.75, 3.05) is 7.05 Å². The highest BCUT2D eigenvalue weighted by atomic mass is 79.9. The SMILES string of the molecule is CN1C(=O)N[C@@H]2[C@@H]3NC(=O)c4ccc(Br)n4[C@@H]3C[C@@]21O. The quantitative estimate of drug-likeness (QED) is 0.622. The second kappa shape index (κ2) is 3.56. The maximum Gasteiger partial charge on any atom is 0.319 e. The molecule has 0 aromatic carbocycles. The lowest BCUT2D eigenvalue weighted by Crippen LogP contribution is -2.56. The molecule has 3 aliphatic rings. The summed E-state index contributed by atoms with van der Waals surface area (Å²) >= 11 is 3.44. The van der Waals surface area contributed by atoms with Crippen molar-refractivity contribution in [3.8, 4) is 0 Å². The van der Waals surface area contributed by atoms with Crippen LogP contribution in [0.15, 0.2) is 16.7 Å². The van der Waals surface area contributed by atoms with E-state index in [4.69, 9.17) is 0 Å². The standard InChI is InChI=1S/C12H13BrN4O3/c1-16-11(19)15-9-8-6(4-12(9,16)20)17-5(10(18)14-8)2-3-7(17)13/h2-3,6,8-9,20H,4H2,1H3,(H,14,18)(H,15,19)/t6-,8-,9-,12-/m1/s1. The number of halogens is 1. The number of likely N-dealkylation sites (N-methyl/N-ethyl adjacent to an activating group) is 1. The van der Waals surface area contributed by atoms with Gasteiger partial charge in [-0.25, -0.2) is 4.79 Å². The van der Waals surface area contributed by atoms with Crippen molar-refractivity contribution in [1.82, 2.24) is 20.1 Å². The number of urea groups is 1. The zero-order valence-corrected chi connectivity index (χ0v) is 12.2. The summed E-state index contributed by atoms with van der Waals surface area (Å²) in [5.41, 5.74) is -0.707. The number of fused-ring (bicyclic) bond motifs is 5. The van der Waals surface area contributed by atoms with Crippen LogP contribution in [-0.4, -0.2) is 51.4 Å². The Morgan fingerprint density at radius 3 is 2.90 bits per heavy atom. The molecule has 1 aliphatic carbocycles. The van der Waals surface area contributed by atoms with E-state index in [1.807, 2.05) is 10.6 Å². The van der Waals surface area contributed by atoms with E-state index in [0.29, 0.717) is 12.1 Å². The molecule has 1 saturated carbocycles. The highest BCUT2D eigenvalue weighted by Gasteiger charge is 2.63. The Morgan fingerprint density at radius 1 is 1.40 bits per heavy atom. The van der Waals surface area contributed by atoms with E-state index in [1.165, 1.54) is 4.90 Å². The highest BCUT2D eigenvalue weighted by Crippen LogP contribution is 2.46. The number of hydrogen-bond donors (Lipinski definition) is 3. The summed E-state index contributed by atoms with van der Waals surface area (Å²) < 4.78 is 2.69. The molecule has 106 valence electrons. The molecule has 0 unspecified atom stereocenters. The van der Waals surface area contributed by atoms with Crippen LogP contribution in [0.4, 0.5) is 4.79 Å². The molecule has 3 heterocycles. The molecule has 7 nitrogen and oxygen atoms in total. The molecule has 1 aromatic rings. The van der Waals surface area contributed by atoms with Crippen molar-refractivity contribution in [3.05, 3.63) is 22.4 Å². The summed E-state index contributed by atoms with van der Waals surface area (Å²) in [6.45, 7) is 0. The van der Waals surface area contributed by atoms with Gasteiger partial charge < -0.3 is 20.3 Å². The normalized spacial score (nSPS) is 38.1. The van der Waals surface area contributed by atoms with Crippen molar-refractivity contribution < 1.29 is 14.7 Å². The zero-order chi connectivity index (χ0) is 14.2. The summed E-state index contributed by atoms with van der Waals surface area (Å²) in [5.74, 6) is -0.190. The Labute approximate surface area is 123 Å². The number of carbonyl (C=O) groups is 2. The minimum atomic E-state index is -1.27. The van der Waals surface area contributed by atoms with Gasteiger partial charge in [0.15, 0.2) is 5.72 Å². The molecule has 0 bridgehead atoms. The number of hydrogen-bond acceptors (Lipinski definition) is 3. The van der Waals surface area contributed by atoms with Gasteiger partial charge in [-0.05, 0) is 28.1 Å². The van der Waals surface area contributed by atoms with Gasteiger partial charge in [-0.15, -0.1) is 0 Å². The lowest BCUT2D eigenvalue weighted by Gasteiger charge is -2.32. The number of aromatic nitrogens is 1. The Kier molecular flexibility index (Phi) is 2.17. The molecule has 2 aliphatic heterocycles. The van der Waals surface area contributed by atoms with E-state index in [-0.39, 0.29) is 24.0 Å². The molecule has 20 heavy (non-hydrogen) atoms. The van der Waals surface area contributed by atoms with Crippen LogP contribution in [0.5, 0.6) is 0 Å². The molecule has 3 N–H and O–H groups in total. The van der Waals surface area contributed by atoms with Gasteiger partial charge in [0.25, 0.3) is 5.91 Å². The van der Waals surface area contributed by atoms with Crippen LogP contribution in [0.2, 0.25) is 0 Å². The smallest absolute Gasteiger partial charge is 0.319 e. The average molecular weight is 341 g/mol. The summed E-state index contributed by atoms with van der Waals surface area (Å²) in [7, 11) is 1.57. The van der Waals surface area contributed by atoms with E-state index in [0.717, 1.165) is 4.60 Å². The molecular weight excluding hydrogens is 328 g/mol. The van der Waals surface area contributed by atoms with Crippen LogP contribution in [0.1, 0.15) is 23.0 Å². The van der Waals surface area contributed by atoms with Crippen molar-refractivity contribution in [3.63, 3.8) is 0 Å². The van der Waals surface area contributed by atoms with Gasteiger partial charge in [0, 0.05) is 13.5 Å². The minimum Gasteiger partial charge on any atom is -0.368 e. The van der Waals surface area contributed by atoms with Crippen molar-refractivity contribution >= 4 is 27.9 Å². The largest absolute Gasteiger partial charge is 0.368 e. The maximum absolute atomic E-state index is 12.1. The second-order valence-corrected chi connectivity index (χ2v) is 6.36. The number of carbonyl (C=O) groups excluding carboxylic acids is 2. The van der Waals surface area contributed by atoms with E-state index in [1.54, 1.807) is 13.1 Å². The van der Waals surface area contributed by atoms with Crippen molar-refractivity contribution in [1.29, 1.82) is 0 Å². The second-order valence-electron chi connectivity index (χ2n) is 5.55. The summed E-state index contributed by atoms with van der Waals surface area (Å²) in [6.07, 6.45) is 0.373. The van der Waals surface area contributed by atoms with Gasteiger partial charge >= 0.3 is 6.03 Å². The van der Waals surface area contributed by atoms with Gasteiger partial charge in [0.2, 0.25) is 0 Å². The van der Waals surface area contributed by atoms with E-state index < -0.39 is 11.8 Å². The Balaban J connectivity index is 1.83. The molecule has 3 amide bonds. The van der Waals surface area contributed by atoms with Crippen molar-refractivity contribution in [2.24, 2.45) is 0 Å². The van der Waals surface area contributed by atoms with Crippen LogP contribution in [0.25, 0.3) is 0 Å². The van der Waals surface area contributed by atoms with E-state index in [2.05, 4.69) is 26.6 Å². The zero-order valence-electron chi connectivity index (χ0n) is 10.6. The minimum absolute atomic E-state index is 0.0925. The predicted octanol–water partition coefficient (Wildman–Crippen LogP) is 0.0196. The van der Waals surface area contributed by atoms with Crippen LogP contribution in [0, 0.1) is 0 Å². The Hall–Kier alpha value is -1.54. The Morgan fingerprint density at radius 2 is 2.15 bits per heavy atom. The first-order valence-electron chi connectivity index (χ1n) is 6.38. The number of rotatable bonds is 0. The first-order chi connectivity index (χ1) is 9.43. The predicted molar refractivity (Wildman–Crippen MR) is 72.1 cm³/mol. The highest BCUT2D eigenvalue weighted by molar-refractivity contribution is 9.10. The molecule has 4 rings (SSSR count). The molecule has 1 saturated heterocycles. The third kappa shape index (κ3) is 1.23. The molecule has 0 radical (unpaired) electrons. The molecule has 2 fully saturated rings. The lowest BCUT2D eigenvalue weighted by molar-refractivity contribution is -0.0561. The average Bonchev–Trinajstić information content (AvgIpc) is 2.97. The van der Waals surface area contributed by atoms with Crippen LogP contribution < -0.4 is 10.6 Å². The molecule has 8 heteroatoms. The topological polar surface area (TPSA) is 86.6 Å². The van der Waals surface area contributed by atoms with E-state index >= 15 is 0 Å². The van der Waals surface area contributed by atoms with Crippen molar-refractivity contribution in [2.45, 2.75) is 30.3 Å². The molecule has 0 spiro atoms. The fourth-order valence-electron chi connectivity index (χ4n) is 3.63. The number of amides is 3. The van der Waals surface area contributed by atoms with Gasteiger partial charge in [-0.2, -0.15) is 0 Å². The van der Waals surface area contributed by atoms with Gasteiger partial charge in [-0.1, -0.05) is 0 Å². The fraction of sp³-hybridized carbons (Fsp3) is 0.500. The number of nitrogens with zero attached hydrogens (tertiary/aromatic N) is 2. The van der Waals surface area contributed by atoms with Gasteiger partial charge in [-0.3, -0.25) is 9.69 Å². The Bertz CT molecular complexity index is 645. The first kappa shape index (κ1) is 12.2. The third-order valence-electron chi connectivity index (χ3n) is 4.68. The monoisotopic (exact) mass is 340 g/mol. The molecular formula is C12H13BrN4O3. The fourth-order valence-corrected chi connectivity index (χ4v) is 4.22. The van der Waals surface area contributed by atoms with Crippen LogP contribution in [-0.2, 0) is 0 Å². The van der Waals surface area contributed by atoms with Gasteiger partial charge in [0.05, 0.1) is 16.7 Å². The third-order valence-corrected chi connectivity index (χ3v) is 5.32. The van der Waals surface area contributed by atoms with E-state index in [9.17, 15) is 14.7 Å². The van der Waals surface area contributed by atoms with Crippen LogP contribution in [0.3, 0.4) is 0 Å². The van der Waals surface area contributed by atoms with Gasteiger partial charge in [0.1, 0.15) is 11.7 Å². The molecule has 1 aromatic heterocycles.